The van der Waals surface area contributed by atoms with Crippen LogP contribution < -0.4 is 5.32 Å². The lowest BCUT2D eigenvalue weighted by atomic mass is 10.0. The van der Waals surface area contributed by atoms with Crippen LogP contribution in [0.4, 0.5) is 4.79 Å². The quantitative estimate of drug-likeness (QED) is 0.868. The first-order valence-electron chi connectivity index (χ1n) is 5.88. The molecule has 0 saturated carbocycles. The van der Waals surface area contributed by atoms with E-state index >= 15 is 0 Å². The van der Waals surface area contributed by atoms with Crippen LogP contribution in [0.3, 0.4) is 0 Å². The molecular weight excluding hydrogens is 232 g/mol. The molecule has 0 radical (unpaired) electrons. The van der Waals surface area contributed by atoms with E-state index in [9.17, 15) is 9.59 Å². The number of nitrogens with one attached hydrogen (secondary N) is 1. The van der Waals surface area contributed by atoms with Gasteiger partial charge in [0.25, 0.3) is 0 Å². The first-order valence-corrected chi connectivity index (χ1v) is 5.88. The molecule has 1 aromatic carbocycles. The largest absolute Gasteiger partial charge is 0.445 e. The van der Waals surface area contributed by atoms with Crippen molar-refractivity contribution in [3.05, 3.63) is 35.9 Å². The highest BCUT2D eigenvalue weighted by Crippen LogP contribution is 2.17. The second-order valence-electron chi connectivity index (χ2n) is 4.26. The van der Waals surface area contributed by atoms with E-state index in [1.54, 1.807) is 7.05 Å². The summed E-state index contributed by atoms with van der Waals surface area (Å²) in [5, 5.41) is 2.57. The zero-order valence-corrected chi connectivity index (χ0v) is 10.3. The van der Waals surface area contributed by atoms with Crippen LogP contribution in [0.15, 0.2) is 30.3 Å². The third kappa shape index (κ3) is 2.80. The van der Waals surface area contributed by atoms with E-state index < -0.39 is 0 Å². The van der Waals surface area contributed by atoms with Crippen molar-refractivity contribution < 1.29 is 14.3 Å². The lowest BCUT2D eigenvalue weighted by Crippen LogP contribution is -2.55. The standard InChI is InChI=1S/C13H16N2O3/c1-14-12(16)11-7-15(8-11)13(17)18-9-10-5-3-2-4-6-10/h2-6,11H,7-9H2,1H3,(H,14,16). The molecule has 0 atom stereocenters. The van der Waals surface area contributed by atoms with Crippen LogP contribution in [0.25, 0.3) is 0 Å². The summed E-state index contributed by atoms with van der Waals surface area (Å²) in [4.78, 5) is 24.4. The summed E-state index contributed by atoms with van der Waals surface area (Å²) >= 11 is 0. The van der Waals surface area contributed by atoms with E-state index in [1.807, 2.05) is 30.3 Å². The number of rotatable bonds is 3. The zero-order valence-electron chi connectivity index (χ0n) is 10.3. The predicted octanol–water partition coefficient (Wildman–Crippen LogP) is 1.00. The Morgan fingerprint density at radius 1 is 1.33 bits per heavy atom. The Morgan fingerprint density at radius 2 is 2.00 bits per heavy atom. The first-order chi connectivity index (χ1) is 8.70. The van der Waals surface area contributed by atoms with E-state index in [0.29, 0.717) is 13.1 Å². The first kappa shape index (κ1) is 12.4. The van der Waals surface area contributed by atoms with Gasteiger partial charge in [-0.15, -0.1) is 0 Å². The SMILES string of the molecule is CNC(=O)C1CN(C(=O)OCc2ccccc2)C1. The maximum atomic E-state index is 11.6. The zero-order chi connectivity index (χ0) is 13.0. The minimum atomic E-state index is -0.362. The van der Waals surface area contributed by atoms with Gasteiger partial charge in [0, 0.05) is 20.1 Å². The van der Waals surface area contributed by atoms with Gasteiger partial charge in [0.05, 0.1) is 5.92 Å². The summed E-state index contributed by atoms with van der Waals surface area (Å²) in [5.74, 6) is -0.124. The fraction of sp³-hybridized carbons (Fsp3) is 0.385. The van der Waals surface area contributed by atoms with Crippen molar-refractivity contribution >= 4 is 12.0 Å². The maximum absolute atomic E-state index is 11.6. The van der Waals surface area contributed by atoms with Crippen molar-refractivity contribution in [2.45, 2.75) is 6.61 Å². The second-order valence-corrected chi connectivity index (χ2v) is 4.26. The molecule has 1 fully saturated rings. The molecule has 1 aliphatic rings. The Morgan fingerprint density at radius 3 is 2.61 bits per heavy atom. The van der Waals surface area contributed by atoms with Gasteiger partial charge in [0.1, 0.15) is 6.61 Å². The maximum Gasteiger partial charge on any atom is 0.410 e. The van der Waals surface area contributed by atoms with E-state index in [-0.39, 0.29) is 24.5 Å². The summed E-state index contributed by atoms with van der Waals surface area (Å²) < 4.78 is 5.15. The molecular formula is C13H16N2O3. The number of hydrogen-bond donors (Lipinski definition) is 1. The lowest BCUT2D eigenvalue weighted by molar-refractivity contribution is -0.128. The molecule has 0 aliphatic carbocycles. The molecule has 0 spiro atoms. The summed E-state index contributed by atoms with van der Waals surface area (Å²) in [6.07, 6.45) is -0.362. The highest BCUT2D eigenvalue weighted by Gasteiger charge is 2.35. The second kappa shape index (κ2) is 5.53. The van der Waals surface area contributed by atoms with Gasteiger partial charge in [-0.3, -0.25) is 4.79 Å². The molecule has 0 unspecified atom stereocenters. The Bertz CT molecular complexity index is 427. The Balaban J connectivity index is 1.73. The van der Waals surface area contributed by atoms with Gasteiger partial charge in [-0.05, 0) is 5.56 Å². The van der Waals surface area contributed by atoms with Gasteiger partial charge >= 0.3 is 6.09 Å². The average molecular weight is 248 g/mol. The van der Waals surface area contributed by atoms with Gasteiger partial charge in [-0.1, -0.05) is 30.3 Å². The minimum absolute atomic E-state index is 0.0258. The molecule has 1 aromatic rings. The number of ether oxygens (including phenoxy) is 1. The van der Waals surface area contributed by atoms with Gasteiger partial charge in [0.15, 0.2) is 0 Å². The summed E-state index contributed by atoms with van der Waals surface area (Å²) in [7, 11) is 1.60. The van der Waals surface area contributed by atoms with E-state index in [1.165, 1.54) is 4.90 Å². The predicted molar refractivity (Wildman–Crippen MR) is 65.8 cm³/mol. The molecule has 5 heteroatoms. The number of nitrogens with zero attached hydrogens (tertiary/aromatic N) is 1. The highest BCUT2D eigenvalue weighted by atomic mass is 16.6. The Labute approximate surface area is 106 Å². The van der Waals surface area contributed by atoms with Gasteiger partial charge in [0.2, 0.25) is 5.91 Å². The number of benzene rings is 1. The smallest absolute Gasteiger partial charge is 0.410 e. The van der Waals surface area contributed by atoms with E-state index in [4.69, 9.17) is 4.74 Å². The van der Waals surface area contributed by atoms with Crippen LogP contribution in [-0.4, -0.2) is 37.0 Å². The molecule has 1 N–H and O–H groups in total. The van der Waals surface area contributed by atoms with Crippen molar-refractivity contribution in [3.63, 3.8) is 0 Å². The van der Waals surface area contributed by atoms with Gasteiger partial charge < -0.3 is 15.0 Å². The van der Waals surface area contributed by atoms with Crippen molar-refractivity contribution in [2.75, 3.05) is 20.1 Å². The highest BCUT2D eigenvalue weighted by molar-refractivity contribution is 5.82. The number of likely N-dealkylation sites (tertiary alicyclic amines) is 1. The summed E-state index contributed by atoms with van der Waals surface area (Å²) in [5.41, 5.74) is 0.953. The molecule has 0 bridgehead atoms. The summed E-state index contributed by atoms with van der Waals surface area (Å²) in [6, 6.07) is 9.50. The van der Waals surface area contributed by atoms with Crippen LogP contribution >= 0.6 is 0 Å². The molecule has 2 rings (SSSR count). The van der Waals surface area contributed by atoms with Gasteiger partial charge in [-0.2, -0.15) is 0 Å². The monoisotopic (exact) mass is 248 g/mol. The Hall–Kier alpha value is -2.04. The third-order valence-corrected chi connectivity index (χ3v) is 2.96. The van der Waals surface area contributed by atoms with Crippen LogP contribution in [0.5, 0.6) is 0 Å². The number of amides is 2. The average Bonchev–Trinajstić information content (AvgIpc) is 2.35. The molecule has 0 aromatic heterocycles. The molecule has 1 heterocycles. The van der Waals surface area contributed by atoms with E-state index in [0.717, 1.165) is 5.56 Å². The fourth-order valence-corrected chi connectivity index (χ4v) is 1.81. The number of carbonyl (C=O) groups excluding carboxylic acids is 2. The lowest BCUT2D eigenvalue weighted by Gasteiger charge is -2.36. The normalized spacial score (nSPS) is 14.8. The van der Waals surface area contributed by atoms with Crippen molar-refractivity contribution in [2.24, 2.45) is 5.92 Å². The van der Waals surface area contributed by atoms with E-state index in [2.05, 4.69) is 5.32 Å². The molecule has 1 saturated heterocycles. The topological polar surface area (TPSA) is 58.6 Å². The van der Waals surface area contributed by atoms with Gasteiger partial charge in [-0.25, -0.2) is 4.79 Å². The van der Waals surface area contributed by atoms with Crippen LogP contribution in [-0.2, 0) is 16.1 Å². The molecule has 5 nitrogen and oxygen atoms in total. The van der Waals surface area contributed by atoms with Crippen LogP contribution in [0, 0.1) is 5.92 Å². The number of hydrogen-bond acceptors (Lipinski definition) is 3. The molecule has 1 aliphatic heterocycles. The van der Waals surface area contributed by atoms with Crippen LogP contribution in [0.2, 0.25) is 0 Å². The molecule has 96 valence electrons. The fourth-order valence-electron chi connectivity index (χ4n) is 1.81. The number of carbonyl (C=O) groups is 2. The van der Waals surface area contributed by atoms with Crippen LogP contribution in [0.1, 0.15) is 5.56 Å². The third-order valence-electron chi connectivity index (χ3n) is 2.96. The Kier molecular flexibility index (Phi) is 3.82. The summed E-state index contributed by atoms with van der Waals surface area (Å²) in [6.45, 7) is 1.14. The van der Waals surface area contributed by atoms with Crippen molar-refractivity contribution in [1.29, 1.82) is 0 Å². The minimum Gasteiger partial charge on any atom is -0.445 e. The van der Waals surface area contributed by atoms with Crippen molar-refractivity contribution in [1.82, 2.24) is 10.2 Å². The van der Waals surface area contributed by atoms with Crippen molar-refractivity contribution in [3.8, 4) is 0 Å². The molecule has 2 amide bonds. The molecule has 18 heavy (non-hydrogen) atoms.